The van der Waals surface area contributed by atoms with E-state index >= 15 is 0 Å². The molecule has 37 heavy (non-hydrogen) atoms. The van der Waals surface area contributed by atoms with Crippen LogP contribution in [0.5, 0.6) is 0 Å². The lowest BCUT2D eigenvalue weighted by Gasteiger charge is -2.41. The first kappa shape index (κ1) is 27.1. The van der Waals surface area contributed by atoms with Gasteiger partial charge in [0.15, 0.2) is 21.5 Å². The molecule has 2 amide bonds. The third-order valence-corrected chi connectivity index (χ3v) is 9.06. The molecule has 2 fully saturated rings. The lowest BCUT2D eigenvalue weighted by molar-refractivity contribution is -0.136. The van der Waals surface area contributed by atoms with E-state index < -0.39 is 33.3 Å². The minimum absolute atomic E-state index is 0.0209. The Balaban J connectivity index is 1.34. The summed E-state index contributed by atoms with van der Waals surface area (Å²) >= 11 is 0. The van der Waals surface area contributed by atoms with Gasteiger partial charge in [0, 0.05) is 43.2 Å². The molecule has 0 aliphatic carbocycles. The van der Waals surface area contributed by atoms with Crippen LogP contribution in [-0.2, 0) is 25.8 Å². The van der Waals surface area contributed by atoms with E-state index in [0.717, 1.165) is 18.9 Å². The molecule has 3 unspecified atom stereocenters. The van der Waals surface area contributed by atoms with Crippen LogP contribution in [0.3, 0.4) is 0 Å². The van der Waals surface area contributed by atoms with Gasteiger partial charge in [0.25, 0.3) is 0 Å². The first-order valence-electron chi connectivity index (χ1n) is 12.2. The highest BCUT2D eigenvalue weighted by Gasteiger charge is 2.44. The Morgan fingerprint density at radius 3 is 2.22 bits per heavy atom. The zero-order valence-electron chi connectivity index (χ0n) is 20.4. The number of nitrogens with zero attached hydrogens (tertiary/aromatic N) is 1. The van der Waals surface area contributed by atoms with Crippen molar-refractivity contribution in [1.82, 2.24) is 4.90 Å². The van der Waals surface area contributed by atoms with E-state index in [1.54, 1.807) is 4.90 Å². The molecular weight excluding hydrogens is 507 g/mol. The monoisotopic (exact) mass is 537 g/mol. The summed E-state index contributed by atoms with van der Waals surface area (Å²) in [6.07, 6.45) is 2.63. The number of piperidine rings is 1. The van der Waals surface area contributed by atoms with Crippen LogP contribution in [0.4, 0.5) is 18.9 Å². The average molecular weight is 538 g/mol. The van der Waals surface area contributed by atoms with Crippen molar-refractivity contribution in [2.45, 2.75) is 68.5 Å². The molecule has 2 aromatic carbocycles. The maximum atomic E-state index is 14.1. The molecule has 2 saturated heterocycles. The topological polar surface area (TPSA) is 110 Å². The van der Waals surface area contributed by atoms with Crippen molar-refractivity contribution in [3.8, 4) is 0 Å². The zero-order valence-corrected chi connectivity index (χ0v) is 21.2. The van der Waals surface area contributed by atoms with Crippen LogP contribution in [0.1, 0.15) is 44.6 Å². The molecule has 7 nitrogen and oxygen atoms in total. The molecule has 3 atom stereocenters. The lowest BCUT2D eigenvalue weighted by atomic mass is 9.82. The van der Waals surface area contributed by atoms with E-state index in [2.05, 4.69) is 5.32 Å². The van der Waals surface area contributed by atoms with Crippen molar-refractivity contribution in [3.05, 3.63) is 59.4 Å². The Morgan fingerprint density at radius 1 is 1.03 bits per heavy atom. The number of carbonyl (C=O) groups is 2. The number of halogens is 3. The van der Waals surface area contributed by atoms with Crippen molar-refractivity contribution in [2.24, 2.45) is 11.7 Å². The number of carbonyl (C=O) groups excluding carboxylic acids is 2. The van der Waals surface area contributed by atoms with Crippen LogP contribution in [0.2, 0.25) is 0 Å². The first-order valence-corrected chi connectivity index (χ1v) is 13.9. The predicted molar refractivity (Wildman–Crippen MR) is 132 cm³/mol. The number of hydrogen-bond donors (Lipinski definition) is 2. The van der Waals surface area contributed by atoms with Crippen molar-refractivity contribution < 1.29 is 31.2 Å². The van der Waals surface area contributed by atoms with E-state index in [-0.39, 0.29) is 58.9 Å². The summed E-state index contributed by atoms with van der Waals surface area (Å²) in [6.45, 7) is 1.35. The normalized spacial score (nSPS) is 22.1. The number of sulfone groups is 1. The number of hydrogen-bond acceptors (Lipinski definition) is 5. The maximum absolute atomic E-state index is 14.1. The summed E-state index contributed by atoms with van der Waals surface area (Å²) in [7, 11) is -3.70. The summed E-state index contributed by atoms with van der Waals surface area (Å²) in [4.78, 5) is 26.0. The van der Waals surface area contributed by atoms with E-state index in [4.69, 9.17) is 5.73 Å². The Labute approximate surface area is 214 Å². The number of amides is 2. The zero-order chi connectivity index (χ0) is 26.9. The lowest BCUT2D eigenvalue weighted by Crippen LogP contribution is -2.50. The molecule has 200 valence electrons. The summed E-state index contributed by atoms with van der Waals surface area (Å²) in [5.74, 6) is -4.07. The van der Waals surface area contributed by atoms with Gasteiger partial charge in [-0.15, -0.1) is 0 Å². The summed E-state index contributed by atoms with van der Waals surface area (Å²) in [6, 6.07) is 6.50. The van der Waals surface area contributed by atoms with Gasteiger partial charge in [-0.1, -0.05) is 0 Å². The van der Waals surface area contributed by atoms with Gasteiger partial charge in [0.1, 0.15) is 5.82 Å². The third kappa shape index (κ3) is 6.15. The minimum Gasteiger partial charge on any atom is -0.337 e. The number of nitrogens with one attached hydrogen (secondary N) is 1. The van der Waals surface area contributed by atoms with Gasteiger partial charge in [0.2, 0.25) is 11.8 Å². The first-order chi connectivity index (χ1) is 17.4. The van der Waals surface area contributed by atoms with Crippen LogP contribution in [0.25, 0.3) is 0 Å². The molecule has 0 aromatic heterocycles. The molecule has 2 heterocycles. The highest BCUT2D eigenvalue weighted by Crippen LogP contribution is 2.40. The highest BCUT2D eigenvalue weighted by atomic mass is 32.2. The summed E-state index contributed by atoms with van der Waals surface area (Å²) in [5, 5.41) is 2.57. The van der Waals surface area contributed by atoms with Gasteiger partial charge in [-0.2, -0.15) is 0 Å². The Bertz CT molecular complexity index is 1270. The highest BCUT2D eigenvalue weighted by molar-refractivity contribution is 7.91. The largest absolute Gasteiger partial charge is 0.337 e. The predicted octanol–water partition coefficient (Wildman–Crippen LogP) is 3.57. The summed E-state index contributed by atoms with van der Waals surface area (Å²) in [5.41, 5.74) is 6.84. The van der Waals surface area contributed by atoms with Gasteiger partial charge in [-0.3, -0.25) is 9.59 Å². The molecule has 0 saturated carbocycles. The van der Waals surface area contributed by atoms with E-state index in [9.17, 15) is 31.2 Å². The molecule has 0 radical (unpaired) electrons. The van der Waals surface area contributed by atoms with E-state index in [0.29, 0.717) is 24.6 Å². The SMILES string of the molecule is CC(=O)Nc1ccc(S(=O)(=O)CCC(=O)N2C3CCC2CC(C(N)Cc2cc(F)c(F)cc2F)C3)cc1. The second-order valence-electron chi connectivity index (χ2n) is 9.92. The third-order valence-electron chi connectivity index (χ3n) is 7.33. The smallest absolute Gasteiger partial charge is 0.224 e. The molecular formula is C26H30F3N3O4S. The molecule has 2 aromatic rings. The van der Waals surface area contributed by atoms with Gasteiger partial charge in [-0.05, 0) is 73.9 Å². The molecule has 11 heteroatoms. The molecule has 2 bridgehead atoms. The van der Waals surface area contributed by atoms with Gasteiger partial charge < -0.3 is 16.0 Å². The van der Waals surface area contributed by atoms with Crippen molar-refractivity contribution in [3.63, 3.8) is 0 Å². The molecule has 4 rings (SSSR count). The van der Waals surface area contributed by atoms with Crippen LogP contribution in [0.15, 0.2) is 41.3 Å². The Morgan fingerprint density at radius 2 is 1.62 bits per heavy atom. The Kier molecular flexibility index (Phi) is 7.94. The fourth-order valence-electron chi connectivity index (χ4n) is 5.53. The van der Waals surface area contributed by atoms with Crippen molar-refractivity contribution in [2.75, 3.05) is 11.1 Å². The number of fused-ring (bicyclic) bond motifs is 2. The molecule has 2 aliphatic rings. The minimum atomic E-state index is -3.70. The van der Waals surface area contributed by atoms with Gasteiger partial charge in [0.05, 0.1) is 10.6 Å². The average Bonchev–Trinajstić information content (AvgIpc) is 3.10. The Hall–Kier alpha value is -2.92. The second-order valence-corrected chi connectivity index (χ2v) is 12.0. The van der Waals surface area contributed by atoms with Crippen molar-refractivity contribution >= 4 is 27.3 Å². The summed E-state index contributed by atoms with van der Waals surface area (Å²) < 4.78 is 66.4. The number of rotatable bonds is 8. The van der Waals surface area contributed by atoms with E-state index in [1.165, 1.54) is 31.2 Å². The van der Waals surface area contributed by atoms with E-state index in [1.807, 2.05) is 0 Å². The molecule has 2 aliphatic heterocycles. The van der Waals surface area contributed by atoms with Gasteiger partial charge >= 0.3 is 0 Å². The molecule has 3 N–H and O–H groups in total. The maximum Gasteiger partial charge on any atom is 0.224 e. The second kappa shape index (κ2) is 10.8. The number of benzene rings is 2. The number of nitrogens with two attached hydrogens (primary N) is 1. The van der Waals surface area contributed by atoms with Crippen LogP contribution in [-0.4, -0.2) is 49.0 Å². The van der Waals surface area contributed by atoms with Crippen LogP contribution >= 0.6 is 0 Å². The van der Waals surface area contributed by atoms with Crippen LogP contribution < -0.4 is 11.1 Å². The van der Waals surface area contributed by atoms with Gasteiger partial charge in [-0.25, -0.2) is 21.6 Å². The van der Waals surface area contributed by atoms with Crippen LogP contribution in [0, 0.1) is 23.4 Å². The standard InChI is InChI=1S/C26H30F3N3O4S/c1-15(33)31-18-2-6-21(7-3-18)37(35,36)9-8-26(34)32-19-4-5-20(32)11-17(10-19)25(30)13-16-12-23(28)24(29)14-22(16)27/h2-3,6-7,12,14,17,19-20,25H,4-5,8-11,13,30H2,1H3,(H,31,33). The van der Waals surface area contributed by atoms with Crippen molar-refractivity contribution in [1.29, 1.82) is 0 Å². The quantitative estimate of drug-likeness (QED) is 0.501. The fraction of sp³-hybridized carbons (Fsp3) is 0.462. The number of anilines is 1. The fourth-order valence-corrected chi connectivity index (χ4v) is 6.76. The molecule has 0 spiro atoms.